The highest BCUT2D eigenvalue weighted by Crippen LogP contribution is 2.19. The van der Waals surface area contributed by atoms with Gasteiger partial charge < -0.3 is 0 Å². The van der Waals surface area contributed by atoms with Crippen molar-refractivity contribution in [1.82, 2.24) is 0 Å². The lowest BCUT2D eigenvalue weighted by Gasteiger charge is -2.07. The average Bonchev–Trinajstić information content (AvgIpc) is 2.29. The highest BCUT2D eigenvalue weighted by molar-refractivity contribution is 6.41. The average molecular weight is 198 g/mol. The Balaban J connectivity index is 2.54. The minimum absolute atomic E-state index is 0.807. The van der Waals surface area contributed by atoms with Crippen molar-refractivity contribution < 1.29 is 0 Å². The first-order valence-corrected chi connectivity index (χ1v) is 5.22. The van der Waals surface area contributed by atoms with E-state index in [1.54, 1.807) is 0 Å². The highest BCUT2D eigenvalue weighted by atomic mass is 14.0. The Morgan fingerprint density at radius 3 is 1.50 bits per heavy atom. The van der Waals surface area contributed by atoms with Crippen LogP contribution in [0.3, 0.4) is 0 Å². The van der Waals surface area contributed by atoms with E-state index in [9.17, 15) is 0 Å². The van der Waals surface area contributed by atoms with Crippen LogP contribution in [0.15, 0.2) is 48.5 Å². The predicted octanol–water partition coefficient (Wildman–Crippen LogP) is 1.58. The van der Waals surface area contributed by atoms with Crippen molar-refractivity contribution in [2.75, 3.05) is 0 Å². The Hall–Kier alpha value is -1.69. The Kier molecular flexibility index (Phi) is 2.03. The maximum absolute atomic E-state index is 5.95. The van der Waals surface area contributed by atoms with Crippen molar-refractivity contribution in [3.63, 3.8) is 0 Å². The van der Waals surface area contributed by atoms with Crippen molar-refractivity contribution in [1.29, 1.82) is 0 Å². The number of benzene rings is 3. The number of rotatable bonds is 0. The molecular weight excluding hydrogens is 190 g/mol. The van der Waals surface area contributed by atoms with Crippen LogP contribution in [0.1, 0.15) is 0 Å². The van der Waals surface area contributed by atoms with Gasteiger partial charge in [-0.25, -0.2) is 0 Å². The second-order valence-corrected chi connectivity index (χ2v) is 3.99. The second kappa shape index (κ2) is 3.41. The van der Waals surface area contributed by atoms with E-state index in [0.717, 1.165) is 32.5 Å². The van der Waals surface area contributed by atoms with Gasteiger partial charge in [-0.05, 0) is 33.7 Å². The van der Waals surface area contributed by atoms with Crippen molar-refractivity contribution in [2.45, 2.75) is 0 Å². The minimum atomic E-state index is 0.807. The van der Waals surface area contributed by atoms with Crippen LogP contribution < -0.4 is 10.9 Å². The third-order valence-corrected chi connectivity index (χ3v) is 2.95. The van der Waals surface area contributed by atoms with Gasteiger partial charge in [0, 0.05) is 0 Å². The molecule has 0 aliphatic carbocycles. The molecular formula is C14H8B2. The van der Waals surface area contributed by atoms with Gasteiger partial charge >= 0.3 is 0 Å². The lowest BCUT2D eigenvalue weighted by atomic mass is 9.85. The maximum Gasteiger partial charge on any atom is 0.114 e. The summed E-state index contributed by atoms with van der Waals surface area (Å²) in [7, 11) is 11.9. The molecule has 0 unspecified atom stereocenters. The summed E-state index contributed by atoms with van der Waals surface area (Å²) in [5.41, 5.74) is 1.61. The molecule has 0 bridgehead atoms. The molecule has 0 fully saturated rings. The smallest absolute Gasteiger partial charge is 0.0890 e. The highest BCUT2D eigenvalue weighted by Gasteiger charge is 2.01. The molecule has 3 rings (SSSR count). The summed E-state index contributed by atoms with van der Waals surface area (Å²) < 4.78 is 0. The topological polar surface area (TPSA) is 0 Å². The summed E-state index contributed by atoms with van der Waals surface area (Å²) in [5, 5.41) is 4.43. The Bertz CT molecular complexity index is 625. The van der Waals surface area contributed by atoms with Gasteiger partial charge in [0.2, 0.25) is 0 Å². The van der Waals surface area contributed by atoms with Crippen LogP contribution in [0, 0.1) is 0 Å². The molecule has 3 aromatic rings. The fraction of sp³-hybridized carbons (Fsp3) is 0. The quantitative estimate of drug-likeness (QED) is 0.380. The Morgan fingerprint density at radius 2 is 1.06 bits per heavy atom. The monoisotopic (exact) mass is 198 g/mol. The molecule has 0 nitrogen and oxygen atoms in total. The van der Waals surface area contributed by atoms with Crippen molar-refractivity contribution in [3.05, 3.63) is 48.5 Å². The molecule has 0 amide bonds. The largest absolute Gasteiger partial charge is 0.114 e. The number of fused-ring (bicyclic) bond motifs is 2. The zero-order valence-corrected chi connectivity index (χ0v) is 8.77. The summed E-state index contributed by atoms with van der Waals surface area (Å²) in [6, 6.07) is 16.0. The van der Waals surface area contributed by atoms with Crippen LogP contribution in [-0.4, -0.2) is 15.7 Å². The third kappa shape index (κ3) is 1.34. The van der Waals surface area contributed by atoms with Crippen LogP contribution in [0.2, 0.25) is 0 Å². The van der Waals surface area contributed by atoms with E-state index < -0.39 is 0 Å². The zero-order valence-electron chi connectivity index (χ0n) is 8.77. The molecule has 2 heteroatoms. The molecule has 4 radical (unpaired) electrons. The van der Waals surface area contributed by atoms with E-state index >= 15 is 0 Å². The Morgan fingerprint density at radius 1 is 0.625 bits per heavy atom. The summed E-state index contributed by atoms with van der Waals surface area (Å²) >= 11 is 0. The molecule has 0 aliphatic heterocycles. The van der Waals surface area contributed by atoms with Crippen LogP contribution in [0.25, 0.3) is 21.5 Å². The molecule has 0 heterocycles. The van der Waals surface area contributed by atoms with Crippen molar-refractivity contribution in [3.8, 4) is 0 Å². The van der Waals surface area contributed by atoms with Crippen LogP contribution >= 0.6 is 0 Å². The van der Waals surface area contributed by atoms with E-state index in [2.05, 4.69) is 24.3 Å². The first-order chi connectivity index (χ1) is 7.75. The molecule has 0 atom stereocenters. The first kappa shape index (κ1) is 9.53. The van der Waals surface area contributed by atoms with Crippen LogP contribution in [-0.2, 0) is 0 Å². The summed E-state index contributed by atoms with van der Waals surface area (Å²) in [4.78, 5) is 0. The fourth-order valence-corrected chi connectivity index (χ4v) is 2.10. The molecule has 3 aromatic carbocycles. The minimum Gasteiger partial charge on any atom is -0.0890 e. The molecule has 0 aromatic heterocycles. The lowest BCUT2D eigenvalue weighted by Crippen LogP contribution is -2.05. The van der Waals surface area contributed by atoms with Gasteiger partial charge in [0.25, 0.3) is 0 Å². The molecule has 0 saturated heterocycles. The number of hydrogen-bond donors (Lipinski definition) is 0. The molecule has 0 saturated carbocycles. The SMILES string of the molecule is [B]c1cccc2cc3c([B])cccc3cc12. The van der Waals surface area contributed by atoms with Gasteiger partial charge in [-0.3, -0.25) is 0 Å². The third-order valence-electron chi connectivity index (χ3n) is 2.95. The summed E-state index contributed by atoms with van der Waals surface area (Å²) in [6.07, 6.45) is 0. The van der Waals surface area contributed by atoms with E-state index in [1.165, 1.54) is 0 Å². The second-order valence-electron chi connectivity index (χ2n) is 3.99. The normalized spacial score (nSPS) is 11.0. The van der Waals surface area contributed by atoms with Gasteiger partial charge in [0.1, 0.15) is 15.7 Å². The van der Waals surface area contributed by atoms with Crippen LogP contribution in [0.4, 0.5) is 0 Å². The van der Waals surface area contributed by atoms with Gasteiger partial charge in [-0.1, -0.05) is 47.3 Å². The predicted molar refractivity (Wildman–Crippen MR) is 72.2 cm³/mol. The molecule has 0 aliphatic rings. The summed E-state index contributed by atoms with van der Waals surface area (Å²) in [5.74, 6) is 0. The molecule has 16 heavy (non-hydrogen) atoms. The fourth-order valence-electron chi connectivity index (χ4n) is 2.10. The number of hydrogen-bond acceptors (Lipinski definition) is 0. The van der Waals surface area contributed by atoms with E-state index in [0.29, 0.717) is 0 Å². The van der Waals surface area contributed by atoms with Gasteiger partial charge in [-0.15, -0.1) is 0 Å². The standard InChI is InChI=1S/C14H8B2/c15-13-5-1-3-9-7-12-10(8-11(9)13)4-2-6-14(12)16/h1-8H. The van der Waals surface area contributed by atoms with E-state index in [4.69, 9.17) is 15.7 Å². The maximum atomic E-state index is 5.95. The van der Waals surface area contributed by atoms with Crippen molar-refractivity contribution in [2.24, 2.45) is 0 Å². The van der Waals surface area contributed by atoms with Gasteiger partial charge in [0.15, 0.2) is 0 Å². The summed E-state index contributed by atoms with van der Waals surface area (Å²) in [6.45, 7) is 0. The zero-order chi connectivity index (χ0) is 11.1. The molecule has 70 valence electrons. The van der Waals surface area contributed by atoms with Gasteiger partial charge in [-0.2, -0.15) is 0 Å². The first-order valence-electron chi connectivity index (χ1n) is 5.22. The van der Waals surface area contributed by atoms with Crippen molar-refractivity contribution >= 4 is 48.2 Å². The lowest BCUT2D eigenvalue weighted by molar-refractivity contribution is 1.82. The molecule has 0 spiro atoms. The van der Waals surface area contributed by atoms with Crippen LogP contribution in [0.5, 0.6) is 0 Å². The van der Waals surface area contributed by atoms with Gasteiger partial charge in [0.05, 0.1) is 0 Å². The van der Waals surface area contributed by atoms with E-state index in [1.807, 2.05) is 24.3 Å². The molecule has 0 N–H and O–H groups in total. The Labute approximate surface area is 97.1 Å². The van der Waals surface area contributed by atoms with E-state index in [-0.39, 0.29) is 0 Å².